The van der Waals surface area contributed by atoms with E-state index in [0.717, 1.165) is 5.56 Å². The van der Waals surface area contributed by atoms with Gasteiger partial charge in [0.15, 0.2) is 11.5 Å². The first-order valence-corrected chi connectivity index (χ1v) is 9.79. The Hall–Kier alpha value is -3.81. The molecule has 0 saturated heterocycles. The van der Waals surface area contributed by atoms with Crippen molar-refractivity contribution >= 4 is 18.2 Å². The third kappa shape index (κ3) is 7.18. The first-order chi connectivity index (χ1) is 15.0. The second-order valence-corrected chi connectivity index (χ2v) is 6.55. The Morgan fingerprint density at radius 3 is 2.65 bits per heavy atom. The third-order valence-electron chi connectivity index (χ3n) is 4.32. The smallest absolute Gasteiger partial charge is 0.407 e. The number of benzene rings is 2. The molecule has 0 saturated carbocycles. The highest BCUT2D eigenvalue weighted by Crippen LogP contribution is 2.31. The van der Waals surface area contributed by atoms with Crippen molar-refractivity contribution in [3.63, 3.8) is 0 Å². The minimum absolute atomic E-state index is 0.0270. The quantitative estimate of drug-likeness (QED) is 0.307. The van der Waals surface area contributed by atoms with Crippen LogP contribution < -0.4 is 15.5 Å². The van der Waals surface area contributed by atoms with Crippen molar-refractivity contribution in [2.75, 3.05) is 13.7 Å². The molecule has 0 aliphatic carbocycles. The van der Waals surface area contributed by atoms with E-state index in [1.165, 1.54) is 13.3 Å². The highest BCUT2D eigenvalue weighted by atomic mass is 16.5. The first-order valence-electron chi connectivity index (χ1n) is 9.79. The van der Waals surface area contributed by atoms with Gasteiger partial charge < -0.3 is 19.9 Å². The Morgan fingerprint density at radius 2 is 2.00 bits per heavy atom. The molecular weight excluding hydrogens is 398 g/mol. The van der Waals surface area contributed by atoms with Crippen molar-refractivity contribution in [1.82, 2.24) is 10.7 Å². The Bertz CT molecular complexity index is 928. The molecule has 0 spiro atoms. The summed E-state index contributed by atoms with van der Waals surface area (Å²) in [5, 5.41) is 16.8. The van der Waals surface area contributed by atoms with Gasteiger partial charge in [-0.25, -0.2) is 10.2 Å². The molecule has 2 aromatic carbocycles. The van der Waals surface area contributed by atoms with E-state index in [1.807, 2.05) is 30.3 Å². The summed E-state index contributed by atoms with van der Waals surface area (Å²) in [6, 6.07) is 11.9. The zero-order chi connectivity index (χ0) is 22.6. The molecule has 1 atom stereocenters. The maximum Gasteiger partial charge on any atom is 0.407 e. The number of carbonyl (C=O) groups is 2. The number of nitrogens with zero attached hydrogens (tertiary/aromatic N) is 1. The standard InChI is InChI=1S/C23H27N3O5/c1-4-9-18-12-16(13-20(30-3)22(18)28)15-24-26-21(27)14-19(25-23(29)31-5-2)17-10-7-6-8-11-17/h4,6-8,10-13,15,19,28H,1,5,9,14H2,2-3H3,(H,25,29)(H,26,27)/b24-15-/t19-/m0/s1. The van der Waals surface area contributed by atoms with Crippen molar-refractivity contribution < 1.29 is 24.2 Å². The Morgan fingerprint density at radius 1 is 1.26 bits per heavy atom. The summed E-state index contributed by atoms with van der Waals surface area (Å²) in [5.41, 5.74) is 4.49. The van der Waals surface area contributed by atoms with E-state index in [1.54, 1.807) is 25.1 Å². The molecule has 0 bridgehead atoms. The van der Waals surface area contributed by atoms with Gasteiger partial charge in [-0.3, -0.25) is 4.79 Å². The van der Waals surface area contributed by atoms with E-state index in [4.69, 9.17) is 9.47 Å². The van der Waals surface area contributed by atoms with Gasteiger partial charge in [-0.1, -0.05) is 36.4 Å². The van der Waals surface area contributed by atoms with Crippen molar-refractivity contribution in [1.29, 1.82) is 0 Å². The molecule has 0 aliphatic rings. The fourth-order valence-corrected chi connectivity index (χ4v) is 2.89. The molecule has 0 heterocycles. The van der Waals surface area contributed by atoms with Crippen LogP contribution in [0.5, 0.6) is 11.5 Å². The number of aromatic hydroxyl groups is 1. The maximum atomic E-state index is 12.4. The van der Waals surface area contributed by atoms with Crippen molar-refractivity contribution in [3.05, 3.63) is 71.8 Å². The van der Waals surface area contributed by atoms with Gasteiger partial charge in [0.2, 0.25) is 5.91 Å². The van der Waals surface area contributed by atoms with E-state index >= 15 is 0 Å². The summed E-state index contributed by atoms with van der Waals surface area (Å²) in [6.45, 7) is 5.61. The highest BCUT2D eigenvalue weighted by Gasteiger charge is 2.18. The molecule has 3 N–H and O–H groups in total. The minimum atomic E-state index is -0.599. The van der Waals surface area contributed by atoms with Crippen molar-refractivity contribution in [2.24, 2.45) is 5.10 Å². The number of phenols is 1. The number of nitrogens with one attached hydrogen (secondary N) is 2. The second-order valence-electron chi connectivity index (χ2n) is 6.55. The summed E-state index contributed by atoms with van der Waals surface area (Å²) < 4.78 is 10.1. The van der Waals surface area contributed by atoms with Crippen LogP contribution in [0, 0.1) is 0 Å². The van der Waals surface area contributed by atoms with Gasteiger partial charge >= 0.3 is 6.09 Å². The number of allylic oxidation sites excluding steroid dienone is 1. The molecule has 31 heavy (non-hydrogen) atoms. The molecule has 8 heteroatoms. The summed E-state index contributed by atoms with van der Waals surface area (Å²) >= 11 is 0. The molecular formula is C23H27N3O5. The van der Waals surface area contributed by atoms with Crippen molar-refractivity contribution in [3.8, 4) is 11.5 Å². The normalized spacial score (nSPS) is 11.5. The maximum absolute atomic E-state index is 12.4. The van der Waals surface area contributed by atoms with Crippen LogP contribution in [-0.2, 0) is 16.0 Å². The number of amides is 2. The number of phenolic OH excluding ortho intramolecular Hbond substituents is 1. The number of hydrogen-bond donors (Lipinski definition) is 3. The average molecular weight is 425 g/mol. The van der Waals surface area contributed by atoms with Crippen LogP contribution in [-0.4, -0.2) is 37.0 Å². The van der Waals surface area contributed by atoms with Crippen LogP contribution in [0.2, 0.25) is 0 Å². The van der Waals surface area contributed by atoms with Gasteiger partial charge in [0.05, 0.1) is 32.4 Å². The largest absolute Gasteiger partial charge is 0.504 e. The predicted molar refractivity (Wildman–Crippen MR) is 118 cm³/mol. The summed E-state index contributed by atoms with van der Waals surface area (Å²) in [4.78, 5) is 24.3. The number of hydrazone groups is 1. The topological polar surface area (TPSA) is 109 Å². The summed E-state index contributed by atoms with van der Waals surface area (Å²) in [7, 11) is 1.45. The molecule has 0 fully saturated rings. The molecule has 0 aliphatic heterocycles. The van der Waals surface area contributed by atoms with Gasteiger partial charge in [-0.05, 0) is 36.6 Å². The van der Waals surface area contributed by atoms with E-state index < -0.39 is 12.1 Å². The molecule has 0 radical (unpaired) electrons. The molecule has 0 aromatic heterocycles. The van der Waals surface area contributed by atoms with Gasteiger partial charge in [-0.2, -0.15) is 5.10 Å². The zero-order valence-electron chi connectivity index (χ0n) is 17.6. The van der Waals surface area contributed by atoms with Crippen LogP contribution >= 0.6 is 0 Å². The average Bonchev–Trinajstić information content (AvgIpc) is 2.76. The Balaban J connectivity index is 2.07. The van der Waals surface area contributed by atoms with Gasteiger partial charge in [0, 0.05) is 5.56 Å². The number of carbonyl (C=O) groups excluding carboxylic acids is 2. The lowest BCUT2D eigenvalue weighted by atomic mass is 10.0. The van der Waals surface area contributed by atoms with Crippen LogP contribution in [0.25, 0.3) is 0 Å². The van der Waals surface area contributed by atoms with Crippen LogP contribution in [0.3, 0.4) is 0 Å². The Labute approximate surface area is 181 Å². The Kier molecular flexibility index (Phi) is 9.10. The van der Waals surface area contributed by atoms with E-state index in [2.05, 4.69) is 22.4 Å². The lowest BCUT2D eigenvalue weighted by molar-refractivity contribution is -0.121. The molecule has 164 valence electrons. The SMILES string of the molecule is C=CCc1cc(/C=N\NC(=O)C[C@H](NC(=O)OCC)c2ccccc2)cc(OC)c1O. The lowest BCUT2D eigenvalue weighted by Gasteiger charge is -2.18. The molecule has 8 nitrogen and oxygen atoms in total. The van der Waals surface area contributed by atoms with E-state index in [9.17, 15) is 14.7 Å². The number of alkyl carbamates (subject to hydrolysis) is 1. The molecule has 2 aromatic rings. The fourth-order valence-electron chi connectivity index (χ4n) is 2.89. The number of rotatable bonds is 10. The van der Waals surface area contributed by atoms with Gasteiger partial charge in [0.25, 0.3) is 0 Å². The molecule has 2 amide bonds. The predicted octanol–water partition coefficient (Wildman–Crippen LogP) is 3.46. The van der Waals surface area contributed by atoms with Gasteiger partial charge in [0.1, 0.15) is 0 Å². The first kappa shape index (κ1) is 23.5. The van der Waals surface area contributed by atoms with E-state index in [0.29, 0.717) is 23.3 Å². The fraction of sp³-hybridized carbons (Fsp3) is 0.261. The van der Waals surface area contributed by atoms with Crippen molar-refractivity contribution in [2.45, 2.75) is 25.8 Å². The minimum Gasteiger partial charge on any atom is -0.504 e. The number of ether oxygens (including phenoxy) is 2. The summed E-state index contributed by atoms with van der Waals surface area (Å²) in [6.07, 6.45) is 2.94. The van der Waals surface area contributed by atoms with E-state index in [-0.39, 0.29) is 24.7 Å². The van der Waals surface area contributed by atoms with Crippen LogP contribution in [0.15, 0.2) is 60.2 Å². The van der Waals surface area contributed by atoms with Crippen LogP contribution in [0.1, 0.15) is 36.1 Å². The molecule has 0 unspecified atom stereocenters. The number of methoxy groups -OCH3 is 1. The van der Waals surface area contributed by atoms with Crippen LogP contribution in [0.4, 0.5) is 4.79 Å². The number of hydrogen-bond acceptors (Lipinski definition) is 6. The van der Waals surface area contributed by atoms with Gasteiger partial charge in [-0.15, -0.1) is 6.58 Å². The second kappa shape index (κ2) is 12.0. The highest BCUT2D eigenvalue weighted by molar-refractivity contribution is 5.84. The zero-order valence-corrected chi connectivity index (χ0v) is 17.6. The monoisotopic (exact) mass is 425 g/mol. The summed E-state index contributed by atoms with van der Waals surface area (Å²) in [5.74, 6) is -0.0480. The third-order valence-corrected chi connectivity index (χ3v) is 4.32. The lowest BCUT2D eigenvalue weighted by Crippen LogP contribution is -2.33. The molecule has 2 rings (SSSR count).